The van der Waals surface area contributed by atoms with E-state index in [2.05, 4.69) is 0 Å². The Bertz CT molecular complexity index is 634. The number of Topliss-reactive ketones (excluding diaryl/α,β-unsaturated/α-hetero) is 1. The highest BCUT2D eigenvalue weighted by Crippen LogP contribution is 2.54. The van der Waals surface area contributed by atoms with E-state index in [1.807, 2.05) is 30.3 Å². The number of hydrogen-bond acceptors (Lipinski definition) is 2. The molecule has 0 bridgehead atoms. The van der Waals surface area contributed by atoms with Crippen molar-refractivity contribution in [2.24, 2.45) is 11.8 Å². The van der Waals surface area contributed by atoms with Gasteiger partial charge in [0.15, 0.2) is 5.78 Å². The molecule has 0 spiro atoms. The highest BCUT2D eigenvalue weighted by atomic mass is 35.5. The summed E-state index contributed by atoms with van der Waals surface area (Å²) in [5, 5.41) is 0.656. The topological polar surface area (TPSA) is 34.1 Å². The average Bonchev–Trinajstić information content (AvgIpc) is 3.22. The van der Waals surface area contributed by atoms with Crippen molar-refractivity contribution in [1.82, 2.24) is 0 Å². The van der Waals surface area contributed by atoms with Gasteiger partial charge in [0.2, 0.25) is 0 Å². The van der Waals surface area contributed by atoms with Crippen molar-refractivity contribution in [3.05, 3.63) is 70.7 Å². The highest BCUT2D eigenvalue weighted by Gasteiger charge is 2.55. The molecule has 0 N–H and O–H groups in total. The zero-order valence-electron chi connectivity index (χ0n) is 10.7. The molecule has 100 valence electrons. The molecular formula is C17H13ClO2. The van der Waals surface area contributed by atoms with E-state index in [1.54, 1.807) is 24.3 Å². The van der Waals surface area contributed by atoms with Crippen molar-refractivity contribution in [1.29, 1.82) is 0 Å². The number of carbonyl (C=O) groups is 2. The third-order valence-electron chi connectivity index (χ3n) is 3.85. The number of halogens is 1. The average molecular weight is 285 g/mol. The van der Waals surface area contributed by atoms with Gasteiger partial charge in [0.1, 0.15) is 6.29 Å². The van der Waals surface area contributed by atoms with Gasteiger partial charge in [-0.15, -0.1) is 0 Å². The first-order valence-electron chi connectivity index (χ1n) is 6.52. The Morgan fingerprint density at radius 2 is 1.65 bits per heavy atom. The lowest BCUT2D eigenvalue weighted by Gasteiger charge is -2.01. The van der Waals surface area contributed by atoms with Crippen LogP contribution < -0.4 is 0 Å². The first kappa shape index (κ1) is 13.1. The molecule has 2 nitrogen and oxygen atoms in total. The molecule has 1 fully saturated rings. The second-order valence-electron chi connectivity index (χ2n) is 5.05. The Hall–Kier alpha value is -1.93. The van der Waals surface area contributed by atoms with Gasteiger partial charge in [0.05, 0.1) is 0 Å². The van der Waals surface area contributed by atoms with E-state index in [1.165, 1.54) is 0 Å². The number of rotatable bonds is 4. The van der Waals surface area contributed by atoms with Crippen LogP contribution in [0.2, 0.25) is 5.02 Å². The number of hydrogen-bond donors (Lipinski definition) is 0. The zero-order valence-corrected chi connectivity index (χ0v) is 11.5. The van der Waals surface area contributed by atoms with Crippen LogP contribution in [0.25, 0.3) is 0 Å². The number of carbonyl (C=O) groups excluding carboxylic acids is 2. The van der Waals surface area contributed by atoms with Gasteiger partial charge in [0, 0.05) is 28.3 Å². The van der Waals surface area contributed by atoms with Crippen LogP contribution in [0.5, 0.6) is 0 Å². The predicted octanol–water partition coefficient (Wildman–Crippen LogP) is 3.75. The summed E-state index contributed by atoms with van der Waals surface area (Å²) in [4.78, 5) is 23.6. The summed E-state index contributed by atoms with van der Waals surface area (Å²) in [5.41, 5.74) is 1.67. The molecule has 1 aliphatic carbocycles. The van der Waals surface area contributed by atoms with Gasteiger partial charge in [-0.2, -0.15) is 0 Å². The molecule has 0 heterocycles. The molecule has 3 rings (SSSR count). The molecule has 0 saturated heterocycles. The fourth-order valence-corrected chi connectivity index (χ4v) is 2.88. The van der Waals surface area contributed by atoms with Crippen LogP contribution in [0.3, 0.4) is 0 Å². The number of aldehydes is 1. The summed E-state index contributed by atoms with van der Waals surface area (Å²) in [7, 11) is 0. The van der Waals surface area contributed by atoms with Crippen molar-refractivity contribution in [3.63, 3.8) is 0 Å². The molecule has 20 heavy (non-hydrogen) atoms. The van der Waals surface area contributed by atoms with Crippen molar-refractivity contribution in [3.8, 4) is 0 Å². The van der Waals surface area contributed by atoms with Crippen LogP contribution in [0.15, 0.2) is 54.6 Å². The first-order chi connectivity index (χ1) is 9.72. The Morgan fingerprint density at radius 3 is 2.25 bits per heavy atom. The minimum atomic E-state index is -0.240. The lowest BCUT2D eigenvalue weighted by Crippen LogP contribution is -2.04. The van der Waals surface area contributed by atoms with Crippen LogP contribution in [0.1, 0.15) is 21.8 Å². The third-order valence-corrected chi connectivity index (χ3v) is 4.10. The van der Waals surface area contributed by atoms with Gasteiger partial charge >= 0.3 is 0 Å². The van der Waals surface area contributed by atoms with Gasteiger partial charge in [-0.1, -0.05) is 54.1 Å². The van der Waals surface area contributed by atoms with Gasteiger partial charge < -0.3 is 4.79 Å². The van der Waals surface area contributed by atoms with E-state index in [4.69, 9.17) is 11.6 Å². The van der Waals surface area contributed by atoms with E-state index in [0.29, 0.717) is 10.6 Å². The molecule has 2 aromatic rings. The predicted molar refractivity (Wildman–Crippen MR) is 78.0 cm³/mol. The molecule has 0 aromatic heterocycles. The normalized spacial score (nSPS) is 24.1. The van der Waals surface area contributed by atoms with Crippen LogP contribution in [-0.2, 0) is 4.79 Å². The van der Waals surface area contributed by atoms with E-state index >= 15 is 0 Å². The van der Waals surface area contributed by atoms with Gasteiger partial charge in [-0.05, 0) is 17.7 Å². The maximum atomic E-state index is 12.4. The molecule has 1 saturated carbocycles. The van der Waals surface area contributed by atoms with Crippen molar-refractivity contribution in [2.75, 3.05) is 0 Å². The van der Waals surface area contributed by atoms with E-state index in [-0.39, 0.29) is 23.5 Å². The Morgan fingerprint density at radius 1 is 1.00 bits per heavy atom. The van der Waals surface area contributed by atoms with Gasteiger partial charge in [-0.25, -0.2) is 0 Å². The van der Waals surface area contributed by atoms with Crippen LogP contribution in [0, 0.1) is 11.8 Å². The molecule has 3 heteroatoms. The lowest BCUT2D eigenvalue weighted by atomic mass is 10.0. The van der Waals surface area contributed by atoms with Crippen LogP contribution in [-0.4, -0.2) is 12.1 Å². The smallest absolute Gasteiger partial charge is 0.167 e. The SMILES string of the molecule is O=C[C@H]1[C@@H](C(=O)c2ccccc2)[C@@H]1c1ccc(Cl)cc1. The maximum Gasteiger partial charge on any atom is 0.167 e. The number of ketones is 1. The third kappa shape index (κ3) is 2.27. The maximum absolute atomic E-state index is 12.4. The molecule has 0 radical (unpaired) electrons. The largest absolute Gasteiger partial charge is 0.303 e. The fraction of sp³-hybridized carbons (Fsp3) is 0.176. The molecule has 0 aliphatic heterocycles. The minimum absolute atomic E-state index is 0.0162. The lowest BCUT2D eigenvalue weighted by molar-refractivity contribution is -0.109. The molecule has 1 aliphatic rings. The Kier molecular flexibility index (Phi) is 3.41. The quantitative estimate of drug-likeness (QED) is 0.633. The summed E-state index contributed by atoms with van der Waals surface area (Å²) in [6, 6.07) is 16.5. The summed E-state index contributed by atoms with van der Waals surface area (Å²) >= 11 is 5.87. The summed E-state index contributed by atoms with van der Waals surface area (Å²) < 4.78 is 0. The fourth-order valence-electron chi connectivity index (χ4n) is 2.75. The van der Waals surface area contributed by atoms with Crippen molar-refractivity contribution < 1.29 is 9.59 Å². The second-order valence-corrected chi connectivity index (χ2v) is 5.48. The molecule has 0 unspecified atom stereocenters. The molecule has 2 aromatic carbocycles. The zero-order chi connectivity index (χ0) is 14.1. The van der Waals surface area contributed by atoms with Crippen molar-refractivity contribution in [2.45, 2.75) is 5.92 Å². The molecule has 0 amide bonds. The first-order valence-corrected chi connectivity index (χ1v) is 6.90. The Labute approximate surface area is 122 Å². The monoisotopic (exact) mass is 284 g/mol. The summed E-state index contributed by atoms with van der Waals surface area (Å²) in [5.74, 6) is -0.430. The van der Waals surface area contributed by atoms with Crippen LogP contribution >= 0.6 is 11.6 Å². The second kappa shape index (κ2) is 5.22. The van der Waals surface area contributed by atoms with E-state index < -0.39 is 0 Å². The van der Waals surface area contributed by atoms with E-state index in [9.17, 15) is 9.59 Å². The van der Waals surface area contributed by atoms with Crippen molar-refractivity contribution >= 4 is 23.7 Å². The van der Waals surface area contributed by atoms with E-state index in [0.717, 1.165) is 11.8 Å². The van der Waals surface area contributed by atoms with Crippen LogP contribution in [0.4, 0.5) is 0 Å². The minimum Gasteiger partial charge on any atom is -0.303 e. The highest BCUT2D eigenvalue weighted by molar-refractivity contribution is 6.30. The van der Waals surface area contributed by atoms with Gasteiger partial charge in [-0.3, -0.25) is 4.79 Å². The molecule has 3 atom stereocenters. The standard InChI is InChI=1S/C17H13ClO2/c18-13-8-6-11(7-9-13)15-14(10-19)16(15)17(20)12-4-2-1-3-5-12/h1-10,14-16H/t14-,15-,16-/m1/s1. The molecular weight excluding hydrogens is 272 g/mol. The van der Waals surface area contributed by atoms with Gasteiger partial charge in [0.25, 0.3) is 0 Å². The summed E-state index contributed by atoms with van der Waals surface area (Å²) in [6.07, 6.45) is 0.894. The summed E-state index contributed by atoms with van der Waals surface area (Å²) in [6.45, 7) is 0. The number of benzene rings is 2. The Balaban J connectivity index is 1.86.